The van der Waals surface area contributed by atoms with Crippen LogP contribution in [0.5, 0.6) is 0 Å². The third kappa shape index (κ3) is 1.85. The van der Waals surface area contributed by atoms with E-state index in [4.69, 9.17) is 0 Å². The van der Waals surface area contributed by atoms with Gasteiger partial charge in [0.15, 0.2) is 5.78 Å². The molecule has 1 atom stereocenters. The van der Waals surface area contributed by atoms with Crippen molar-refractivity contribution in [1.82, 2.24) is 0 Å². The summed E-state index contributed by atoms with van der Waals surface area (Å²) >= 11 is 0. The van der Waals surface area contributed by atoms with Crippen LogP contribution < -0.4 is 0 Å². The van der Waals surface area contributed by atoms with E-state index in [0.29, 0.717) is 5.78 Å². The Morgan fingerprint density at radius 2 is 1.88 bits per heavy atom. The number of Topliss-reactive ketones (excluding diaryl/α,β-unsaturated/α-hetero) is 1. The SMILES string of the molecule is CC1CCc2c(ccc3ccccc23)C1=O.Cl. The van der Waals surface area contributed by atoms with Gasteiger partial charge in [-0.1, -0.05) is 43.3 Å². The fourth-order valence-electron chi connectivity index (χ4n) is 2.59. The first kappa shape index (κ1) is 12.1. The largest absolute Gasteiger partial charge is 0.294 e. The van der Waals surface area contributed by atoms with Crippen molar-refractivity contribution in [3.8, 4) is 0 Å². The van der Waals surface area contributed by atoms with Crippen LogP contribution in [0, 0.1) is 5.92 Å². The van der Waals surface area contributed by atoms with Crippen molar-refractivity contribution in [2.75, 3.05) is 0 Å². The Balaban J connectivity index is 0.00000108. The number of halogens is 1. The van der Waals surface area contributed by atoms with Gasteiger partial charge in [-0.05, 0) is 29.2 Å². The van der Waals surface area contributed by atoms with Crippen LogP contribution in [0.1, 0.15) is 29.3 Å². The van der Waals surface area contributed by atoms with Gasteiger partial charge in [0.2, 0.25) is 0 Å². The van der Waals surface area contributed by atoms with Crippen molar-refractivity contribution in [3.63, 3.8) is 0 Å². The van der Waals surface area contributed by atoms with E-state index < -0.39 is 0 Å². The second-order valence-electron chi connectivity index (χ2n) is 4.62. The predicted octanol–water partition coefficient (Wildman–Crippen LogP) is 4.03. The Bertz CT molecular complexity index is 574. The Hall–Kier alpha value is -1.34. The molecule has 1 aliphatic carbocycles. The maximum atomic E-state index is 12.1. The number of rotatable bonds is 0. The molecule has 1 aliphatic rings. The summed E-state index contributed by atoms with van der Waals surface area (Å²) in [7, 11) is 0. The number of aryl methyl sites for hydroxylation is 1. The summed E-state index contributed by atoms with van der Waals surface area (Å²) in [4.78, 5) is 12.1. The Morgan fingerprint density at radius 3 is 2.71 bits per heavy atom. The highest BCUT2D eigenvalue weighted by atomic mass is 35.5. The molecule has 2 heteroatoms. The minimum Gasteiger partial charge on any atom is -0.294 e. The quantitative estimate of drug-likeness (QED) is 0.686. The van der Waals surface area contributed by atoms with Crippen LogP contribution in [0.25, 0.3) is 10.8 Å². The van der Waals surface area contributed by atoms with E-state index >= 15 is 0 Å². The van der Waals surface area contributed by atoms with Gasteiger partial charge in [0, 0.05) is 11.5 Å². The van der Waals surface area contributed by atoms with E-state index in [1.54, 1.807) is 0 Å². The van der Waals surface area contributed by atoms with Crippen molar-refractivity contribution in [3.05, 3.63) is 47.5 Å². The van der Waals surface area contributed by atoms with Crippen LogP contribution in [0.2, 0.25) is 0 Å². The summed E-state index contributed by atoms with van der Waals surface area (Å²) in [6, 6.07) is 12.4. The van der Waals surface area contributed by atoms with Crippen LogP contribution in [0.15, 0.2) is 36.4 Å². The highest BCUT2D eigenvalue weighted by Gasteiger charge is 2.24. The molecule has 0 N–H and O–H groups in total. The van der Waals surface area contributed by atoms with Gasteiger partial charge in [-0.25, -0.2) is 0 Å². The normalized spacial score (nSPS) is 18.6. The molecule has 0 aliphatic heterocycles. The monoisotopic (exact) mass is 246 g/mol. The van der Waals surface area contributed by atoms with E-state index in [1.165, 1.54) is 16.3 Å². The molecule has 88 valence electrons. The molecule has 2 aromatic rings. The molecular formula is C15H15ClO. The van der Waals surface area contributed by atoms with E-state index in [2.05, 4.69) is 18.2 Å². The lowest BCUT2D eigenvalue weighted by atomic mass is 9.81. The van der Waals surface area contributed by atoms with Gasteiger partial charge in [-0.15, -0.1) is 12.4 Å². The average Bonchev–Trinajstić information content (AvgIpc) is 2.33. The van der Waals surface area contributed by atoms with Gasteiger partial charge in [0.1, 0.15) is 0 Å². The van der Waals surface area contributed by atoms with Crippen LogP contribution in [-0.2, 0) is 6.42 Å². The molecule has 0 spiro atoms. The number of ketones is 1. The second kappa shape index (κ2) is 4.50. The van der Waals surface area contributed by atoms with Crippen molar-refractivity contribution >= 4 is 29.0 Å². The summed E-state index contributed by atoms with van der Waals surface area (Å²) in [5.41, 5.74) is 2.19. The Kier molecular flexibility index (Phi) is 3.21. The number of benzene rings is 2. The summed E-state index contributed by atoms with van der Waals surface area (Å²) in [6.07, 6.45) is 2.02. The lowest BCUT2D eigenvalue weighted by molar-refractivity contribution is 0.0914. The molecule has 17 heavy (non-hydrogen) atoms. The molecule has 0 amide bonds. The summed E-state index contributed by atoms with van der Waals surface area (Å²) in [5.74, 6) is 0.501. The van der Waals surface area contributed by atoms with Gasteiger partial charge in [0.25, 0.3) is 0 Å². The number of hydrogen-bond donors (Lipinski definition) is 0. The standard InChI is InChI=1S/C15H14O.ClH/c1-10-6-8-13-12-5-3-2-4-11(12)7-9-14(13)15(10)16;/h2-5,7,9-10H,6,8H2,1H3;1H. The zero-order valence-corrected chi connectivity index (χ0v) is 10.6. The lowest BCUT2D eigenvalue weighted by Gasteiger charge is -2.21. The highest BCUT2D eigenvalue weighted by molar-refractivity contribution is 6.04. The van der Waals surface area contributed by atoms with Crippen molar-refractivity contribution in [1.29, 1.82) is 0 Å². The first-order chi connectivity index (χ1) is 7.77. The van der Waals surface area contributed by atoms with E-state index in [1.807, 2.05) is 25.1 Å². The molecule has 0 saturated carbocycles. The molecule has 0 heterocycles. The topological polar surface area (TPSA) is 17.1 Å². The number of carbonyl (C=O) groups excluding carboxylic acids is 1. The van der Waals surface area contributed by atoms with Gasteiger partial charge >= 0.3 is 0 Å². The van der Waals surface area contributed by atoms with Crippen molar-refractivity contribution in [2.45, 2.75) is 19.8 Å². The van der Waals surface area contributed by atoms with E-state index in [0.717, 1.165) is 18.4 Å². The zero-order chi connectivity index (χ0) is 11.1. The molecular weight excluding hydrogens is 232 g/mol. The molecule has 0 fully saturated rings. The first-order valence-electron chi connectivity index (χ1n) is 5.82. The molecule has 0 saturated heterocycles. The molecule has 1 unspecified atom stereocenters. The average molecular weight is 247 g/mol. The van der Waals surface area contributed by atoms with E-state index in [9.17, 15) is 4.79 Å². The number of fused-ring (bicyclic) bond motifs is 3. The number of carbonyl (C=O) groups is 1. The Labute approximate surface area is 107 Å². The maximum absolute atomic E-state index is 12.1. The first-order valence-corrected chi connectivity index (χ1v) is 5.82. The summed E-state index contributed by atoms with van der Waals surface area (Å²) < 4.78 is 0. The Morgan fingerprint density at radius 1 is 1.12 bits per heavy atom. The number of hydrogen-bond acceptors (Lipinski definition) is 1. The smallest absolute Gasteiger partial charge is 0.165 e. The summed E-state index contributed by atoms with van der Waals surface area (Å²) in [5, 5.41) is 2.49. The van der Waals surface area contributed by atoms with E-state index in [-0.39, 0.29) is 18.3 Å². The molecule has 0 aromatic heterocycles. The molecule has 1 nitrogen and oxygen atoms in total. The highest BCUT2D eigenvalue weighted by Crippen LogP contribution is 2.31. The summed E-state index contributed by atoms with van der Waals surface area (Å²) in [6.45, 7) is 2.03. The molecule has 0 bridgehead atoms. The molecule has 2 aromatic carbocycles. The second-order valence-corrected chi connectivity index (χ2v) is 4.62. The van der Waals surface area contributed by atoms with Gasteiger partial charge < -0.3 is 0 Å². The third-order valence-electron chi connectivity index (χ3n) is 3.58. The van der Waals surface area contributed by atoms with Crippen molar-refractivity contribution in [2.24, 2.45) is 5.92 Å². The molecule has 0 radical (unpaired) electrons. The van der Waals surface area contributed by atoms with Gasteiger partial charge in [0.05, 0.1) is 0 Å². The third-order valence-corrected chi connectivity index (χ3v) is 3.58. The van der Waals surface area contributed by atoms with Crippen LogP contribution in [0.4, 0.5) is 0 Å². The zero-order valence-electron chi connectivity index (χ0n) is 9.77. The van der Waals surface area contributed by atoms with Crippen molar-refractivity contribution < 1.29 is 4.79 Å². The lowest BCUT2D eigenvalue weighted by Crippen LogP contribution is -2.20. The molecule has 3 rings (SSSR count). The fraction of sp³-hybridized carbons (Fsp3) is 0.267. The minimum absolute atomic E-state index is 0. The maximum Gasteiger partial charge on any atom is 0.165 e. The van der Waals surface area contributed by atoms with Gasteiger partial charge in [-0.3, -0.25) is 4.79 Å². The van der Waals surface area contributed by atoms with Crippen LogP contribution in [0.3, 0.4) is 0 Å². The van der Waals surface area contributed by atoms with Crippen LogP contribution in [-0.4, -0.2) is 5.78 Å². The predicted molar refractivity (Wildman–Crippen MR) is 73.0 cm³/mol. The van der Waals surface area contributed by atoms with Gasteiger partial charge in [-0.2, -0.15) is 0 Å². The van der Waals surface area contributed by atoms with Crippen LogP contribution >= 0.6 is 12.4 Å². The fourth-order valence-corrected chi connectivity index (χ4v) is 2.59. The minimum atomic E-state index is 0.